The molecule has 118 valence electrons. The molecule has 2 rings (SSSR count). The molecule has 0 fully saturated rings. The van der Waals surface area contributed by atoms with E-state index >= 15 is 0 Å². The average molecular weight is 331 g/mol. The summed E-state index contributed by atoms with van der Waals surface area (Å²) in [6, 6.07) is 13.0. The number of non-ortho nitro benzene ring substituents is 1. The zero-order valence-corrected chi connectivity index (χ0v) is 12.9. The van der Waals surface area contributed by atoms with Crippen molar-refractivity contribution in [2.45, 2.75) is 4.90 Å². The fourth-order valence-corrected chi connectivity index (χ4v) is 2.19. The van der Waals surface area contributed by atoms with Crippen molar-refractivity contribution in [2.75, 3.05) is 7.05 Å². The molecule has 0 unspecified atom stereocenters. The molecule has 23 heavy (non-hydrogen) atoms. The average Bonchev–Trinajstić information content (AvgIpc) is 2.56. The molecule has 0 saturated carbocycles. The van der Waals surface area contributed by atoms with Gasteiger partial charge in [0.25, 0.3) is 5.69 Å². The van der Waals surface area contributed by atoms with Gasteiger partial charge in [0.1, 0.15) is 5.75 Å². The van der Waals surface area contributed by atoms with Crippen LogP contribution in [0.5, 0.6) is 5.75 Å². The zero-order valence-electron chi connectivity index (χ0n) is 12.1. The number of hydrogen-bond acceptors (Lipinski definition) is 6. The summed E-state index contributed by atoms with van der Waals surface area (Å²) in [7, 11) is 1.48. The molecule has 2 aromatic rings. The Morgan fingerprint density at radius 2 is 2.04 bits per heavy atom. The fraction of sp³-hybridized carbons (Fsp3) is 0.0667. The molecule has 0 aliphatic rings. The first-order valence-electron chi connectivity index (χ1n) is 6.53. The third-order valence-corrected chi connectivity index (χ3v) is 3.36. The van der Waals surface area contributed by atoms with E-state index in [1.807, 2.05) is 0 Å². The Bertz CT molecular complexity index is 732. The number of amides is 1. The van der Waals surface area contributed by atoms with Crippen LogP contribution in [0.1, 0.15) is 5.56 Å². The Hall–Kier alpha value is -2.87. The standard InChI is InChI=1S/C15H13N3O4S/c1-16-15(19)22-13-7-5-11(6-8-13)10-17-23-14-4-2-3-12(9-14)18(20)21/h2-10H,1H3,(H,16,19). The maximum Gasteiger partial charge on any atom is 0.412 e. The number of carbonyl (C=O) groups is 1. The van der Waals surface area contributed by atoms with Gasteiger partial charge in [-0.25, -0.2) is 9.19 Å². The first-order valence-corrected chi connectivity index (χ1v) is 7.30. The third-order valence-electron chi connectivity index (χ3n) is 2.68. The van der Waals surface area contributed by atoms with Crippen LogP contribution in [0.4, 0.5) is 10.5 Å². The second-order valence-corrected chi connectivity index (χ2v) is 5.15. The van der Waals surface area contributed by atoms with Crippen molar-refractivity contribution >= 4 is 29.9 Å². The van der Waals surface area contributed by atoms with Crippen molar-refractivity contribution in [1.82, 2.24) is 5.32 Å². The monoisotopic (exact) mass is 331 g/mol. The van der Waals surface area contributed by atoms with Crippen LogP contribution in [0.25, 0.3) is 0 Å². The molecule has 1 N–H and O–H groups in total. The SMILES string of the molecule is CNC(=O)Oc1ccc(C=NSc2cccc([N+](=O)[O-])c2)cc1. The largest absolute Gasteiger partial charge is 0.412 e. The molecule has 2 aromatic carbocycles. The number of nitrogens with zero attached hydrogens (tertiary/aromatic N) is 2. The van der Waals surface area contributed by atoms with Crippen molar-refractivity contribution in [3.63, 3.8) is 0 Å². The van der Waals surface area contributed by atoms with E-state index in [1.165, 1.54) is 19.2 Å². The molecule has 0 saturated heterocycles. The van der Waals surface area contributed by atoms with Crippen LogP contribution in [0.3, 0.4) is 0 Å². The number of carbonyl (C=O) groups excluding carboxylic acids is 1. The van der Waals surface area contributed by atoms with Crippen LogP contribution in [0.2, 0.25) is 0 Å². The third kappa shape index (κ3) is 5.11. The summed E-state index contributed by atoms with van der Waals surface area (Å²) >= 11 is 1.13. The summed E-state index contributed by atoms with van der Waals surface area (Å²) < 4.78 is 9.13. The summed E-state index contributed by atoms with van der Waals surface area (Å²) in [6.07, 6.45) is 1.08. The number of nitrogens with one attached hydrogen (secondary N) is 1. The first kappa shape index (κ1) is 16.5. The Kier molecular flexibility index (Phi) is 5.70. The topological polar surface area (TPSA) is 93.8 Å². The second kappa shape index (κ2) is 7.95. The van der Waals surface area contributed by atoms with E-state index in [1.54, 1.807) is 42.6 Å². The van der Waals surface area contributed by atoms with E-state index < -0.39 is 11.0 Å². The van der Waals surface area contributed by atoms with Crippen molar-refractivity contribution in [2.24, 2.45) is 4.40 Å². The van der Waals surface area contributed by atoms with Gasteiger partial charge in [0, 0.05) is 42.2 Å². The summed E-state index contributed by atoms with van der Waals surface area (Å²) in [5.74, 6) is 0.424. The van der Waals surface area contributed by atoms with Gasteiger partial charge in [0.15, 0.2) is 0 Å². The summed E-state index contributed by atoms with van der Waals surface area (Å²) in [6.45, 7) is 0. The Balaban J connectivity index is 1.96. The lowest BCUT2D eigenvalue weighted by atomic mass is 10.2. The van der Waals surface area contributed by atoms with Gasteiger partial charge < -0.3 is 10.1 Å². The van der Waals surface area contributed by atoms with Crippen LogP contribution >= 0.6 is 11.9 Å². The molecule has 0 heterocycles. The maximum atomic E-state index is 11.1. The van der Waals surface area contributed by atoms with Crippen LogP contribution in [0, 0.1) is 10.1 Å². The lowest BCUT2D eigenvalue weighted by Gasteiger charge is -2.02. The number of nitro benzene ring substituents is 1. The minimum atomic E-state index is -0.535. The molecule has 0 aromatic heterocycles. The van der Waals surface area contributed by atoms with E-state index in [2.05, 4.69) is 9.71 Å². The fourth-order valence-electron chi connectivity index (χ4n) is 1.58. The van der Waals surface area contributed by atoms with E-state index in [0.717, 1.165) is 17.5 Å². The smallest absolute Gasteiger partial charge is 0.410 e. The van der Waals surface area contributed by atoms with Crippen molar-refractivity contribution in [1.29, 1.82) is 0 Å². The predicted octanol–water partition coefficient (Wildman–Crippen LogP) is 3.44. The zero-order chi connectivity index (χ0) is 16.7. The van der Waals surface area contributed by atoms with E-state index in [-0.39, 0.29) is 5.69 Å². The molecule has 0 radical (unpaired) electrons. The molecule has 1 amide bonds. The lowest BCUT2D eigenvalue weighted by molar-refractivity contribution is -0.385. The van der Waals surface area contributed by atoms with Crippen molar-refractivity contribution in [3.8, 4) is 5.75 Å². The molecule has 0 atom stereocenters. The normalized spacial score (nSPS) is 10.5. The minimum Gasteiger partial charge on any atom is -0.410 e. The van der Waals surface area contributed by atoms with E-state index in [9.17, 15) is 14.9 Å². The van der Waals surface area contributed by atoms with Gasteiger partial charge in [-0.05, 0) is 35.9 Å². The molecule has 0 aliphatic heterocycles. The molecular weight excluding hydrogens is 318 g/mol. The van der Waals surface area contributed by atoms with Gasteiger partial charge in [-0.3, -0.25) is 10.1 Å². The molecule has 7 nitrogen and oxygen atoms in total. The molecule has 8 heteroatoms. The van der Waals surface area contributed by atoms with Crippen LogP contribution in [0.15, 0.2) is 57.8 Å². The van der Waals surface area contributed by atoms with Crippen molar-refractivity contribution < 1.29 is 14.5 Å². The van der Waals surface area contributed by atoms with Gasteiger partial charge >= 0.3 is 6.09 Å². The highest BCUT2D eigenvalue weighted by Gasteiger charge is 2.05. The molecular formula is C15H13N3O4S. The van der Waals surface area contributed by atoms with Crippen LogP contribution < -0.4 is 10.1 Å². The van der Waals surface area contributed by atoms with Crippen LogP contribution in [-0.4, -0.2) is 24.3 Å². The highest BCUT2D eigenvalue weighted by atomic mass is 32.2. The number of benzene rings is 2. The summed E-state index contributed by atoms with van der Waals surface area (Å²) in [5.41, 5.74) is 0.841. The van der Waals surface area contributed by atoms with Gasteiger partial charge in [-0.15, -0.1) is 0 Å². The van der Waals surface area contributed by atoms with E-state index in [0.29, 0.717) is 10.6 Å². The van der Waals surface area contributed by atoms with Crippen LogP contribution in [-0.2, 0) is 0 Å². The highest BCUT2D eigenvalue weighted by Crippen LogP contribution is 2.23. The summed E-state index contributed by atoms with van der Waals surface area (Å²) in [4.78, 5) is 22.0. The van der Waals surface area contributed by atoms with Crippen molar-refractivity contribution in [3.05, 3.63) is 64.2 Å². The number of rotatable bonds is 5. The Morgan fingerprint density at radius 3 is 2.70 bits per heavy atom. The molecule has 0 spiro atoms. The molecule has 0 aliphatic carbocycles. The van der Waals surface area contributed by atoms with Gasteiger partial charge in [0.2, 0.25) is 0 Å². The number of ether oxygens (including phenoxy) is 1. The van der Waals surface area contributed by atoms with Gasteiger partial charge in [-0.2, -0.15) is 0 Å². The minimum absolute atomic E-state index is 0.0286. The Morgan fingerprint density at radius 1 is 1.30 bits per heavy atom. The second-order valence-electron chi connectivity index (χ2n) is 4.29. The number of hydrogen-bond donors (Lipinski definition) is 1. The predicted molar refractivity (Wildman–Crippen MR) is 88.1 cm³/mol. The number of nitro groups is 1. The van der Waals surface area contributed by atoms with E-state index in [4.69, 9.17) is 4.74 Å². The summed E-state index contributed by atoms with van der Waals surface area (Å²) in [5, 5.41) is 13.1. The first-order chi connectivity index (χ1) is 11.1. The lowest BCUT2D eigenvalue weighted by Crippen LogP contribution is -2.21. The Labute approximate surface area is 136 Å². The highest BCUT2D eigenvalue weighted by molar-refractivity contribution is 7.98. The van der Waals surface area contributed by atoms with Gasteiger partial charge in [0.05, 0.1) is 4.92 Å². The maximum absolute atomic E-state index is 11.1. The molecule has 0 bridgehead atoms. The van der Waals surface area contributed by atoms with Gasteiger partial charge in [-0.1, -0.05) is 6.07 Å². The quantitative estimate of drug-likeness (QED) is 0.392.